The van der Waals surface area contributed by atoms with Gasteiger partial charge in [-0.15, -0.1) is 0 Å². The van der Waals surface area contributed by atoms with Crippen LogP contribution in [0.15, 0.2) is 36.7 Å². The SMILES string of the molecule is CCC/C=C/C(=O)O.NC(=O)c1ccncc1. The summed E-state index contributed by atoms with van der Waals surface area (Å²) in [6, 6.07) is 3.14. The summed E-state index contributed by atoms with van der Waals surface area (Å²) in [4.78, 5) is 23.9. The molecule has 1 aromatic rings. The van der Waals surface area contributed by atoms with Crippen LogP contribution in [0.2, 0.25) is 0 Å². The van der Waals surface area contributed by atoms with Crippen LogP contribution in [0.1, 0.15) is 30.1 Å². The van der Waals surface area contributed by atoms with E-state index in [1.165, 1.54) is 18.5 Å². The number of primary amides is 1. The molecule has 0 aliphatic heterocycles. The van der Waals surface area contributed by atoms with Crippen molar-refractivity contribution in [2.75, 3.05) is 0 Å². The van der Waals surface area contributed by atoms with Crippen molar-refractivity contribution in [3.63, 3.8) is 0 Å². The molecule has 0 aromatic carbocycles. The molecule has 5 nitrogen and oxygen atoms in total. The van der Waals surface area contributed by atoms with Crippen molar-refractivity contribution in [1.29, 1.82) is 0 Å². The number of carbonyl (C=O) groups excluding carboxylic acids is 1. The summed E-state index contributed by atoms with van der Waals surface area (Å²) in [6.07, 6.45) is 7.74. The lowest BCUT2D eigenvalue weighted by Gasteiger charge is -1.88. The van der Waals surface area contributed by atoms with Gasteiger partial charge in [-0.2, -0.15) is 0 Å². The Morgan fingerprint density at radius 2 is 2.00 bits per heavy atom. The van der Waals surface area contributed by atoms with Crippen molar-refractivity contribution in [3.05, 3.63) is 42.2 Å². The Morgan fingerprint density at radius 3 is 2.35 bits per heavy atom. The lowest BCUT2D eigenvalue weighted by molar-refractivity contribution is -0.131. The third-order valence-corrected chi connectivity index (χ3v) is 1.68. The van der Waals surface area contributed by atoms with E-state index in [4.69, 9.17) is 10.8 Å². The number of carbonyl (C=O) groups is 2. The summed E-state index contributed by atoms with van der Waals surface area (Å²) >= 11 is 0. The lowest BCUT2D eigenvalue weighted by atomic mass is 10.3. The van der Waals surface area contributed by atoms with Crippen LogP contribution in [-0.4, -0.2) is 22.0 Å². The number of rotatable bonds is 4. The third kappa shape index (κ3) is 8.80. The summed E-state index contributed by atoms with van der Waals surface area (Å²) in [6.45, 7) is 2.01. The summed E-state index contributed by atoms with van der Waals surface area (Å²) in [5.74, 6) is -1.28. The molecule has 1 aromatic heterocycles. The fourth-order valence-electron chi connectivity index (χ4n) is 0.867. The molecule has 1 amide bonds. The van der Waals surface area contributed by atoms with Crippen molar-refractivity contribution in [3.8, 4) is 0 Å². The number of carboxylic acids is 1. The van der Waals surface area contributed by atoms with E-state index in [-0.39, 0.29) is 0 Å². The maximum atomic E-state index is 10.4. The van der Waals surface area contributed by atoms with Gasteiger partial charge in [-0.05, 0) is 18.6 Å². The minimum absolute atomic E-state index is 0.419. The Kier molecular flexibility index (Phi) is 7.93. The van der Waals surface area contributed by atoms with Crippen molar-refractivity contribution in [1.82, 2.24) is 4.98 Å². The molecule has 0 bridgehead atoms. The standard InChI is InChI=1S/C6H6N2O.C6H10O2/c7-6(9)5-1-3-8-4-2-5;1-2-3-4-5-6(7)8/h1-4H,(H2,7,9);4-5H,2-3H2,1H3,(H,7,8)/b;5-4+. The summed E-state index contributed by atoms with van der Waals surface area (Å²) in [5, 5.41) is 8.05. The van der Waals surface area contributed by atoms with Crippen LogP contribution in [-0.2, 0) is 4.79 Å². The number of unbranched alkanes of at least 4 members (excludes halogenated alkanes) is 1. The largest absolute Gasteiger partial charge is 0.478 e. The highest BCUT2D eigenvalue weighted by molar-refractivity contribution is 5.92. The molecule has 5 heteroatoms. The second-order valence-corrected chi connectivity index (χ2v) is 3.13. The molecule has 17 heavy (non-hydrogen) atoms. The first kappa shape index (κ1) is 14.8. The van der Waals surface area contributed by atoms with Crippen LogP contribution in [0.3, 0.4) is 0 Å². The topological polar surface area (TPSA) is 93.3 Å². The molecule has 1 heterocycles. The minimum Gasteiger partial charge on any atom is -0.478 e. The fourth-order valence-corrected chi connectivity index (χ4v) is 0.867. The van der Waals surface area contributed by atoms with E-state index in [1.807, 2.05) is 6.92 Å². The molecule has 0 aliphatic rings. The van der Waals surface area contributed by atoms with Gasteiger partial charge in [0.2, 0.25) is 5.91 Å². The van der Waals surface area contributed by atoms with Gasteiger partial charge in [-0.25, -0.2) is 4.79 Å². The van der Waals surface area contributed by atoms with Crippen molar-refractivity contribution in [2.24, 2.45) is 5.73 Å². The van der Waals surface area contributed by atoms with Crippen LogP contribution in [0.5, 0.6) is 0 Å². The quantitative estimate of drug-likeness (QED) is 0.776. The van der Waals surface area contributed by atoms with Gasteiger partial charge in [0.1, 0.15) is 0 Å². The van der Waals surface area contributed by atoms with Gasteiger partial charge in [0.05, 0.1) is 0 Å². The second-order valence-electron chi connectivity index (χ2n) is 3.13. The molecule has 0 radical (unpaired) electrons. The van der Waals surface area contributed by atoms with Crippen molar-refractivity contribution in [2.45, 2.75) is 19.8 Å². The predicted octanol–water partition coefficient (Wildman–Crippen LogP) is 1.61. The Labute approximate surface area is 100.0 Å². The maximum absolute atomic E-state index is 10.4. The molecule has 0 saturated carbocycles. The van der Waals surface area contributed by atoms with E-state index in [9.17, 15) is 9.59 Å². The highest BCUT2D eigenvalue weighted by Crippen LogP contribution is 1.91. The zero-order valence-corrected chi connectivity index (χ0v) is 9.67. The van der Waals surface area contributed by atoms with Gasteiger partial charge < -0.3 is 10.8 Å². The number of nitrogens with zero attached hydrogens (tertiary/aromatic N) is 1. The molecule has 0 unspecified atom stereocenters. The minimum atomic E-state index is -0.863. The molecule has 3 N–H and O–H groups in total. The zero-order chi connectivity index (χ0) is 13.1. The van der Waals surface area contributed by atoms with Gasteiger partial charge >= 0.3 is 5.97 Å². The molecule has 0 atom stereocenters. The van der Waals surface area contributed by atoms with E-state index in [0.717, 1.165) is 12.8 Å². The van der Waals surface area contributed by atoms with Crippen molar-refractivity contribution >= 4 is 11.9 Å². The van der Waals surface area contributed by atoms with E-state index >= 15 is 0 Å². The lowest BCUT2D eigenvalue weighted by Crippen LogP contribution is -2.10. The van der Waals surface area contributed by atoms with E-state index in [2.05, 4.69) is 4.98 Å². The summed E-state index contributed by atoms with van der Waals surface area (Å²) in [7, 11) is 0. The van der Waals surface area contributed by atoms with E-state index in [0.29, 0.717) is 5.56 Å². The molecule has 0 aliphatic carbocycles. The van der Waals surface area contributed by atoms with Crippen LogP contribution in [0, 0.1) is 0 Å². The number of amides is 1. The number of hydrogen-bond donors (Lipinski definition) is 2. The van der Waals surface area contributed by atoms with Gasteiger partial charge in [-0.1, -0.05) is 19.4 Å². The zero-order valence-electron chi connectivity index (χ0n) is 9.67. The van der Waals surface area contributed by atoms with Gasteiger partial charge in [0.15, 0.2) is 0 Å². The molecular formula is C12H16N2O3. The molecule has 92 valence electrons. The smallest absolute Gasteiger partial charge is 0.327 e. The predicted molar refractivity (Wildman–Crippen MR) is 64.4 cm³/mol. The molecular weight excluding hydrogens is 220 g/mol. The van der Waals surface area contributed by atoms with E-state index in [1.54, 1.807) is 18.2 Å². The fraction of sp³-hybridized carbons (Fsp3) is 0.250. The van der Waals surface area contributed by atoms with Crippen LogP contribution in [0.4, 0.5) is 0 Å². The number of hydrogen-bond acceptors (Lipinski definition) is 3. The number of aliphatic carboxylic acids is 1. The average Bonchev–Trinajstić information content (AvgIpc) is 2.31. The Morgan fingerprint density at radius 1 is 1.41 bits per heavy atom. The first-order chi connectivity index (χ1) is 8.07. The highest BCUT2D eigenvalue weighted by Gasteiger charge is 1.94. The van der Waals surface area contributed by atoms with Gasteiger partial charge in [0.25, 0.3) is 0 Å². The third-order valence-electron chi connectivity index (χ3n) is 1.68. The number of allylic oxidation sites excluding steroid dienone is 1. The van der Waals surface area contributed by atoms with Crippen molar-refractivity contribution < 1.29 is 14.7 Å². The number of carboxylic acid groups (broad SMARTS) is 1. The summed E-state index contributed by atoms with van der Waals surface area (Å²) in [5.41, 5.74) is 5.44. The maximum Gasteiger partial charge on any atom is 0.327 e. The van der Waals surface area contributed by atoms with Gasteiger partial charge in [-0.3, -0.25) is 9.78 Å². The molecule has 0 fully saturated rings. The highest BCUT2D eigenvalue weighted by atomic mass is 16.4. The Balaban J connectivity index is 0.000000304. The first-order valence-electron chi connectivity index (χ1n) is 5.17. The Bertz CT molecular complexity index is 375. The van der Waals surface area contributed by atoms with E-state index < -0.39 is 11.9 Å². The number of nitrogens with two attached hydrogens (primary N) is 1. The monoisotopic (exact) mass is 236 g/mol. The average molecular weight is 236 g/mol. The number of aromatic nitrogens is 1. The Hall–Kier alpha value is -2.17. The van der Waals surface area contributed by atoms with Crippen LogP contribution >= 0.6 is 0 Å². The molecule has 1 rings (SSSR count). The summed E-state index contributed by atoms with van der Waals surface area (Å²) < 4.78 is 0. The molecule has 0 spiro atoms. The first-order valence-corrected chi connectivity index (χ1v) is 5.17. The van der Waals surface area contributed by atoms with Crippen LogP contribution in [0.25, 0.3) is 0 Å². The van der Waals surface area contributed by atoms with Gasteiger partial charge in [0, 0.05) is 24.0 Å². The van der Waals surface area contributed by atoms with Crippen LogP contribution < -0.4 is 5.73 Å². The molecule has 0 saturated heterocycles. The number of pyridine rings is 1. The second kappa shape index (κ2) is 9.08. The normalized spacial score (nSPS) is 9.47.